The number of ether oxygens (including phenoxy) is 2. The Morgan fingerprint density at radius 1 is 1.22 bits per heavy atom. The maximum absolute atomic E-state index is 12.2. The van der Waals surface area contributed by atoms with Crippen LogP contribution in [0.1, 0.15) is 13.3 Å². The van der Waals surface area contributed by atoms with Crippen LogP contribution < -0.4 is 5.32 Å². The van der Waals surface area contributed by atoms with Crippen molar-refractivity contribution in [2.75, 3.05) is 34.0 Å². The van der Waals surface area contributed by atoms with Crippen molar-refractivity contribution in [2.45, 2.75) is 30.3 Å². The summed E-state index contributed by atoms with van der Waals surface area (Å²) in [5.74, 6) is 0.689. The average Bonchev–Trinajstić information content (AvgIpc) is 3.05. The first-order valence-corrected chi connectivity index (χ1v) is 9.94. The number of halogens is 1. The molecule has 9 heteroatoms. The van der Waals surface area contributed by atoms with Gasteiger partial charge in [-0.1, -0.05) is 23.4 Å². The number of carbonyl (C=O) groups is 1. The first kappa shape index (κ1) is 21.7. The molecule has 2 rings (SSSR count). The zero-order chi connectivity index (χ0) is 19.6. The molecular weight excluding hydrogens is 388 g/mol. The number of amides is 1. The Bertz CT molecular complexity index is 724. The van der Waals surface area contributed by atoms with Crippen LogP contribution in [-0.4, -0.2) is 59.9 Å². The van der Waals surface area contributed by atoms with E-state index in [1.54, 1.807) is 14.2 Å². The highest BCUT2D eigenvalue weighted by Crippen LogP contribution is 2.28. The zero-order valence-corrected chi connectivity index (χ0v) is 17.3. The number of methoxy groups -OCH3 is 2. The van der Waals surface area contributed by atoms with Gasteiger partial charge in [-0.3, -0.25) is 4.79 Å². The van der Waals surface area contributed by atoms with Crippen LogP contribution in [0.5, 0.6) is 0 Å². The number of thioether (sulfide) groups is 1. The Morgan fingerprint density at radius 2 is 1.93 bits per heavy atom. The lowest BCUT2D eigenvalue weighted by Crippen LogP contribution is -2.33. The molecule has 1 aromatic carbocycles. The number of rotatable bonds is 11. The van der Waals surface area contributed by atoms with Crippen molar-refractivity contribution in [3.63, 3.8) is 0 Å². The molecule has 0 bridgehead atoms. The summed E-state index contributed by atoms with van der Waals surface area (Å²) >= 11 is 7.37. The van der Waals surface area contributed by atoms with Crippen molar-refractivity contribution in [3.8, 4) is 11.4 Å². The van der Waals surface area contributed by atoms with Gasteiger partial charge in [-0.25, -0.2) is 0 Å². The van der Waals surface area contributed by atoms with Crippen LogP contribution in [0.15, 0.2) is 29.4 Å². The van der Waals surface area contributed by atoms with Crippen molar-refractivity contribution in [1.29, 1.82) is 0 Å². The molecule has 1 heterocycles. The smallest absolute Gasteiger partial charge is 0.233 e. The third-order valence-electron chi connectivity index (χ3n) is 3.81. The molecule has 1 aromatic heterocycles. The molecule has 0 aliphatic heterocycles. The Kier molecular flexibility index (Phi) is 9.06. The quantitative estimate of drug-likeness (QED) is 0.451. The number of nitrogens with zero attached hydrogens (tertiary/aromatic N) is 3. The molecule has 0 unspecified atom stereocenters. The van der Waals surface area contributed by atoms with E-state index in [1.807, 2.05) is 35.8 Å². The van der Waals surface area contributed by atoms with Crippen LogP contribution in [0, 0.1) is 0 Å². The van der Waals surface area contributed by atoms with E-state index in [9.17, 15) is 4.79 Å². The molecule has 0 aliphatic rings. The van der Waals surface area contributed by atoms with E-state index in [2.05, 4.69) is 15.5 Å². The van der Waals surface area contributed by atoms with Gasteiger partial charge in [0.2, 0.25) is 5.91 Å². The monoisotopic (exact) mass is 412 g/mol. The van der Waals surface area contributed by atoms with Gasteiger partial charge in [-0.15, -0.1) is 10.2 Å². The van der Waals surface area contributed by atoms with Gasteiger partial charge in [0.25, 0.3) is 0 Å². The highest BCUT2D eigenvalue weighted by molar-refractivity contribution is 8.00. The second-order valence-electron chi connectivity index (χ2n) is 5.85. The highest BCUT2D eigenvalue weighted by Gasteiger charge is 2.20. The van der Waals surface area contributed by atoms with Crippen LogP contribution in [0.4, 0.5) is 0 Å². The molecule has 0 radical (unpaired) electrons. The summed E-state index contributed by atoms with van der Waals surface area (Å²) in [6.07, 6.45) is 0.817. The largest absolute Gasteiger partial charge is 0.385 e. The summed E-state index contributed by atoms with van der Waals surface area (Å²) in [7, 11) is 3.28. The van der Waals surface area contributed by atoms with Crippen LogP contribution in [-0.2, 0) is 20.8 Å². The summed E-state index contributed by atoms with van der Waals surface area (Å²) in [6.45, 7) is 4.14. The molecule has 1 amide bonds. The topological polar surface area (TPSA) is 78.3 Å². The average molecular weight is 413 g/mol. The molecule has 1 atom stereocenters. The fraction of sp³-hybridized carbons (Fsp3) is 0.500. The van der Waals surface area contributed by atoms with Crippen molar-refractivity contribution in [2.24, 2.45) is 0 Å². The summed E-state index contributed by atoms with van der Waals surface area (Å²) in [5.41, 5.74) is 0.924. The van der Waals surface area contributed by atoms with Crippen molar-refractivity contribution < 1.29 is 14.3 Å². The Labute approximate surface area is 168 Å². The predicted molar refractivity (Wildman–Crippen MR) is 107 cm³/mol. The fourth-order valence-electron chi connectivity index (χ4n) is 2.39. The minimum atomic E-state index is -0.301. The van der Waals surface area contributed by atoms with Gasteiger partial charge in [0.1, 0.15) is 0 Å². The summed E-state index contributed by atoms with van der Waals surface area (Å²) < 4.78 is 12.1. The molecule has 0 fully saturated rings. The number of nitrogens with one attached hydrogen (secondary N) is 1. The van der Waals surface area contributed by atoms with Gasteiger partial charge >= 0.3 is 0 Å². The Hall–Kier alpha value is -1.61. The van der Waals surface area contributed by atoms with Crippen molar-refractivity contribution >= 4 is 29.3 Å². The maximum Gasteiger partial charge on any atom is 0.233 e. The summed E-state index contributed by atoms with van der Waals surface area (Å²) in [5, 5.41) is 12.6. The summed E-state index contributed by atoms with van der Waals surface area (Å²) in [4.78, 5) is 12.2. The van der Waals surface area contributed by atoms with Crippen LogP contribution >= 0.6 is 23.4 Å². The van der Waals surface area contributed by atoms with Crippen molar-refractivity contribution in [1.82, 2.24) is 20.1 Å². The zero-order valence-electron chi connectivity index (χ0n) is 15.8. The van der Waals surface area contributed by atoms with E-state index in [-0.39, 0.29) is 11.2 Å². The van der Waals surface area contributed by atoms with Gasteiger partial charge in [0, 0.05) is 44.5 Å². The number of carbonyl (C=O) groups excluding carboxylic acids is 1. The van der Waals surface area contributed by atoms with Gasteiger partial charge in [-0.2, -0.15) is 0 Å². The van der Waals surface area contributed by atoms with Crippen LogP contribution in [0.3, 0.4) is 0 Å². The van der Waals surface area contributed by atoms with Crippen LogP contribution in [0.2, 0.25) is 5.02 Å². The standard InChI is InChI=1S/C18H25ClN4O3S/c1-13(17(24)20-9-12-26-3)27-18-22-21-16(23(18)10-4-11-25-2)14-5-7-15(19)8-6-14/h5-8,13H,4,9-12H2,1-3H3,(H,20,24)/t13-/m0/s1. The number of hydrogen-bond acceptors (Lipinski definition) is 6. The molecule has 7 nitrogen and oxygen atoms in total. The van der Waals surface area contributed by atoms with E-state index < -0.39 is 0 Å². The minimum absolute atomic E-state index is 0.0588. The molecule has 27 heavy (non-hydrogen) atoms. The second-order valence-corrected chi connectivity index (χ2v) is 7.60. The number of hydrogen-bond donors (Lipinski definition) is 1. The molecule has 148 valence electrons. The van der Waals surface area contributed by atoms with E-state index >= 15 is 0 Å². The second kappa shape index (κ2) is 11.3. The van der Waals surface area contributed by atoms with Gasteiger partial charge in [0.15, 0.2) is 11.0 Å². The molecule has 0 saturated carbocycles. The molecule has 0 saturated heterocycles. The minimum Gasteiger partial charge on any atom is -0.385 e. The lowest BCUT2D eigenvalue weighted by atomic mass is 10.2. The molecule has 1 N–H and O–H groups in total. The van der Waals surface area contributed by atoms with E-state index in [0.29, 0.717) is 36.5 Å². The van der Waals surface area contributed by atoms with E-state index in [1.165, 1.54) is 11.8 Å². The normalized spacial score (nSPS) is 12.1. The molecule has 0 aliphatic carbocycles. The molecule has 0 spiro atoms. The van der Waals surface area contributed by atoms with Crippen molar-refractivity contribution in [3.05, 3.63) is 29.3 Å². The molecule has 2 aromatic rings. The van der Waals surface area contributed by atoms with E-state index in [4.69, 9.17) is 21.1 Å². The Morgan fingerprint density at radius 3 is 2.59 bits per heavy atom. The SMILES string of the molecule is COCCCn1c(S[C@@H](C)C(=O)NCCOC)nnc1-c1ccc(Cl)cc1. The molecular formula is C18H25ClN4O3S. The third kappa shape index (κ3) is 6.49. The Balaban J connectivity index is 2.17. The first-order chi connectivity index (χ1) is 13.1. The lowest BCUT2D eigenvalue weighted by Gasteiger charge is -2.13. The van der Waals surface area contributed by atoms with Gasteiger partial charge in [-0.05, 0) is 37.6 Å². The number of benzene rings is 1. The predicted octanol–water partition coefficient (Wildman–Crippen LogP) is 2.88. The maximum atomic E-state index is 12.2. The fourth-order valence-corrected chi connectivity index (χ4v) is 3.41. The van der Waals surface area contributed by atoms with Gasteiger partial charge < -0.3 is 19.4 Å². The van der Waals surface area contributed by atoms with Gasteiger partial charge in [0.05, 0.1) is 11.9 Å². The third-order valence-corrected chi connectivity index (χ3v) is 5.14. The summed E-state index contributed by atoms with van der Waals surface area (Å²) in [6, 6.07) is 7.47. The lowest BCUT2D eigenvalue weighted by molar-refractivity contribution is -0.120. The van der Waals surface area contributed by atoms with E-state index in [0.717, 1.165) is 17.8 Å². The number of aromatic nitrogens is 3. The highest BCUT2D eigenvalue weighted by atomic mass is 35.5. The first-order valence-electron chi connectivity index (χ1n) is 8.68. The van der Waals surface area contributed by atoms with Crippen LogP contribution in [0.25, 0.3) is 11.4 Å².